The van der Waals surface area contributed by atoms with Gasteiger partial charge in [0.15, 0.2) is 5.84 Å². The summed E-state index contributed by atoms with van der Waals surface area (Å²) in [5.74, 6) is 1.54. The van der Waals surface area contributed by atoms with Crippen LogP contribution in [-0.2, 0) is 17.8 Å². The zero-order valence-electron chi connectivity index (χ0n) is 18.7. The van der Waals surface area contributed by atoms with Crippen molar-refractivity contribution in [3.63, 3.8) is 0 Å². The Labute approximate surface area is 185 Å². The van der Waals surface area contributed by atoms with Gasteiger partial charge in [0.05, 0.1) is 6.54 Å². The number of rotatable bonds is 3. The van der Waals surface area contributed by atoms with Gasteiger partial charge in [-0.2, -0.15) is 0 Å². The zero-order chi connectivity index (χ0) is 21.0. The normalized spacial score (nSPS) is 29.2. The molecule has 1 spiro atoms. The monoisotopic (exact) mass is 416 g/mol. The lowest BCUT2D eigenvalue weighted by molar-refractivity contribution is -0.198. The Morgan fingerprint density at radius 3 is 2.61 bits per heavy atom. The van der Waals surface area contributed by atoms with Crippen molar-refractivity contribution in [3.05, 3.63) is 64.7 Å². The van der Waals surface area contributed by atoms with Gasteiger partial charge in [-0.15, -0.1) is 0 Å². The standard InChI is InChI=1S/C26H32N4O/c1-19-5-7-20(8-6-19)17-30-25(22-9-10-24-21(16-22)4-3-13-28(24)2)27-31-26(30)18-29-14-11-23(26)12-15-29/h5-10,16,23H,3-4,11-15,17-18H2,1-2H3. The lowest BCUT2D eigenvalue weighted by Crippen LogP contribution is -2.66. The molecule has 5 aliphatic heterocycles. The van der Waals surface area contributed by atoms with Crippen molar-refractivity contribution in [2.75, 3.05) is 38.1 Å². The van der Waals surface area contributed by atoms with Crippen LogP contribution in [0.1, 0.15) is 41.5 Å². The number of hydrogen-bond acceptors (Lipinski definition) is 5. The summed E-state index contributed by atoms with van der Waals surface area (Å²) in [6, 6.07) is 15.8. The van der Waals surface area contributed by atoms with Crippen LogP contribution in [0, 0.1) is 12.8 Å². The molecule has 3 fully saturated rings. The predicted molar refractivity (Wildman–Crippen MR) is 124 cm³/mol. The molecule has 1 unspecified atom stereocenters. The van der Waals surface area contributed by atoms with Gasteiger partial charge in [-0.25, -0.2) is 0 Å². The Morgan fingerprint density at radius 2 is 1.87 bits per heavy atom. The molecule has 0 radical (unpaired) electrons. The summed E-state index contributed by atoms with van der Waals surface area (Å²) < 4.78 is 0. The maximum Gasteiger partial charge on any atom is 0.227 e. The quantitative estimate of drug-likeness (QED) is 0.757. The van der Waals surface area contributed by atoms with Crippen LogP contribution in [0.2, 0.25) is 0 Å². The van der Waals surface area contributed by atoms with Crippen LogP contribution in [0.3, 0.4) is 0 Å². The van der Waals surface area contributed by atoms with Gasteiger partial charge < -0.3 is 14.6 Å². The Bertz CT molecular complexity index is 1010. The third kappa shape index (κ3) is 3.13. The molecule has 0 aromatic heterocycles. The molecule has 0 aliphatic carbocycles. The van der Waals surface area contributed by atoms with Gasteiger partial charge >= 0.3 is 0 Å². The average Bonchev–Trinajstić information content (AvgIpc) is 3.13. The van der Waals surface area contributed by atoms with Gasteiger partial charge in [0.25, 0.3) is 0 Å². The molecule has 5 nitrogen and oxygen atoms in total. The van der Waals surface area contributed by atoms with E-state index in [-0.39, 0.29) is 5.72 Å². The SMILES string of the molecule is Cc1ccc(CN2C(c3ccc4c(c3)CCCN4C)=NOC23CN2CCC3CC2)cc1. The van der Waals surface area contributed by atoms with E-state index in [1.807, 2.05) is 0 Å². The summed E-state index contributed by atoms with van der Waals surface area (Å²) in [6.07, 6.45) is 4.75. The van der Waals surface area contributed by atoms with Crippen molar-refractivity contribution in [1.82, 2.24) is 9.80 Å². The topological polar surface area (TPSA) is 31.3 Å². The first-order valence-corrected chi connectivity index (χ1v) is 11.8. The van der Waals surface area contributed by atoms with Crippen LogP contribution in [0.5, 0.6) is 0 Å². The second-order valence-corrected chi connectivity index (χ2v) is 9.84. The number of aryl methyl sites for hydroxylation is 2. The average molecular weight is 417 g/mol. The molecule has 31 heavy (non-hydrogen) atoms. The number of anilines is 1. The van der Waals surface area contributed by atoms with Gasteiger partial charge in [0.1, 0.15) is 0 Å². The first kappa shape index (κ1) is 19.2. The molecule has 5 heterocycles. The largest absolute Gasteiger partial charge is 0.374 e. The number of oxime groups is 1. The number of fused-ring (bicyclic) bond motifs is 3. The number of hydrogen-bond donors (Lipinski definition) is 0. The molecule has 0 amide bonds. The Balaban J connectivity index is 1.38. The second kappa shape index (κ2) is 7.27. The molecule has 2 bridgehead atoms. The maximum atomic E-state index is 6.42. The van der Waals surface area contributed by atoms with E-state index in [0.29, 0.717) is 5.92 Å². The Hall–Kier alpha value is -2.53. The van der Waals surface area contributed by atoms with E-state index in [1.54, 1.807) is 0 Å². The van der Waals surface area contributed by atoms with Crippen molar-refractivity contribution in [3.8, 4) is 0 Å². The lowest BCUT2D eigenvalue weighted by atomic mass is 9.79. The summed E-state index contributed by atoms with van der Waals surface area (Å²) in [4.78, 5) is 13.8. The molecule has 0 N–H and O–H groups in total. The molecule has 3 saturated heterocycles. The van der Waals surface area contributed by atoms with Gasteiger partial charge in [-0.05, 0) is 75.0 Å². The van der Waals surface area contributed by atoms with Crippen molar-refractivity contribution >= 4 is 11.5 Å². The fourth-order valence-corrected chi connectivity index (χ4v) is 6.02. The highest BCUT2D eigenvalue weighted by Gasteiger charge is 2.57. The molecule has 1 atom stereocenters. The number of piperidine rings is 3. The highest BCUT2D eigenvalue weighted by atomic mass is 16.7. The van der Waals surface area contributed by atoms with Crippen molar-refractivity contribution in [2.24, 2.45) is 11.1 Å². The van der Waals surface area contributed by atoms with Crippen LogP contribution in [0.25, 0.3) is 0 Å². The second-order valence-electron chi connectivity index (χ2n) is 9.84. The fourth-order valence-electron chi connectivity index (χ4n) is 6.02. The smallest absolute Gasteiger partial charge is 0.227 e. The van der Waals surface area contributed by atoms with Gasteiger partial charge in [0, 0.05) is 37.3 Å². The zero-order valence-corrected chi connectivity index (χ0v) is 18.7. The van der Waals surface area contributed by atoms with Crippen molar-refractivity contribution < 1.29 is 4.84 Å². The first-order chi connectivity index (χ1) is 15.1. The Kier molecular flexibility index (Phi) is 4.49. The van der Waals surface area contributed by atoms with Gasteiger partial charge in [-0.1, -0.05) is 35.0 Å². The number of amidine groups is 1. The van der Waals surface area contributed by atoms with E-state index in [9.17, 15) is 0 Å². The fraction of sp³-hybridized carbons (Fsp3) is 0.500. The molecule has 2 aromatic carbocycles. The third-order valence-electron chi connectivity index (χ3n) is 7.83. The first-order valence-electron chi connectivity index (χ1n) is 11.8. The molecule has 7 rings (SSSR count). The predicted octanol–water partition coefficient (Wildman–Crippen LogP) is 3.99. The molecule has 0 saturated carbocycles. The molecule has 162 valence electrons. The van der Waals surface area contributed by atoms with E-state index < -0.39 is 0 Å². The van der Waals surface area contributed by atoms with Gasteiger partial charge in [-0.3, -0.25) is 4.90 Å². The summed E-state index contributed by atoms with van der Waals surface area (Å²) in [5, 5.41) is 4.77. The Morgan fingerprint density at radius 1 is 1.06 bits per heavy atom. The summed E-state index contributed by atoms with van der Waals surface area (Å²) in [5.41, 5.74) is 6.26. The van der Waals surface area contributed by atoms with E-state index in [0.717, 1.165) is 31.9 Å². The minimum atomic E-state index is -0.330. The number of benzene rings is 2. The van der Waals surface area contributed by atoms with Crippen LogP contribution >= 0.6 is 0 Å². The minimum absolute atomic E-state index is 0.330. The molecule has 2 aromatic rings. The molecular weight excluding hydrogens is 384 g/mol. The number of nitrogens with zero attached hydrogens (tertiary/aromatic N) is 4. The highest BCUT2D eigenvalue weighted by molar-refractivity contribution is 6.00. The van der Waals surface area contributed by atoms with E-state index >= 15 is 0 Å². The highest BCUT2D eigenvalue weighted by Crippen LogP contribution is 2.45. The van der Waals surface area contributed by atoms with Crippen molar-refractivity contribution in [1.29, 1.82) is 0 Å². The van der Waals surface area contributed by atoms with Crippen molar-refractivity contribution in [2.45, 2.75) is 44.9 Å². The summed E-state index contributed by atoms with van der Waals surface area (Å²) in [7, 11) is 2.19. The van der Waals surface area contributed by atoms with Crippen LogP contribution < -0.4 is 4.90 Å². The third-order valence-corrected chi connectivity index (χ3v) is 7.83. The van der Waals surface area contributed by atoms with E-state index in [1.165, 1.54) is 60.3 Å². The van der Waals surface area contributed by atoms with Crippen LogP contribution in [0.15, 0.2) is 47.6 Å². The van der Waals surface area contributed by atoms with Crippen LogP contribution in [0.4, 0.5) is 5.69 Å². The lowest BCUT2D eigenvalue weighted by Gasteiger charge is -2.53. The van der Waals surface area contributed by atoms with Crippen LogP contribution in [-0.4, -0.2) is 54.6 Å². The molecular formula is C26H32N4O. The van der Waals surface area contributed by atoms with E-state index in [2.05, 4.69) is 71.1 Å². The summed E-state index contributed by atoms with van der Waals surface area (Å²) >= 11 is 0. The van der Waals surface area contributed by atoms with E-state index in [4.69, 9.17) is 9.99 Å². The minimum Gasteiger partial charge on any atom is -0.374 e. The van der Waals surface area contributed by atoms with Gasteiger partial charge in [0.2, 0.25) is 5.72 Å². The maximum absolute atomic E-state index is 6.42. The molecule has 5 heteroatoms. The summed E-state index contributed by atoms with van der Waals surface area (Å²) in [6.45, 7) is 7.44. The molecule has 5 aliphatic rings.